The van der Waals surface area contributed by atoms with Gasteiger partial charge < -0.3 is 4.74 Å². The summed E-state index contributed by atoms with van der Waals surface area (Å²) in [6.07, 6.45) is 5.42. The molecule has 1 aliphatic rings. The Bertz CT molecular complexity index is 533. The Labute approximate surface area is 128 Å². The molecule has 0 atom stereocenters. The molecule has 0 N–H and O–H groups in total. The lowest BCUT2D eigenvalue weighted by atomic mass is 9.95. The van der Waals surface area contributed by atoms with Crippen LogP contribution in [0.25, 0.3) is 0 Å². The molecule has 118 valence electrons. The van der Waals surface area contributed by atoms with E-state index in [1.54, 1.807) is 28.6 Å². The third kappa shape index (κ3) is 3.77. The molecule has 1 aromatic carbocycles. The maximum Gasteiger partial charge on any atom is 0.243 e. The fourth-order valence-corrected chi connectivity index (χ4v) is 4.70. The monoisotopic (exact) mass is 311 g/mol. The van der Waals surface area contributed by atoms with Crippen molar-refractivity contribution in [3.63, 3.8) is 0 Å². The van der Waals surface area contributed by atoms with Crippen LogP contribution in [0.1, 0.15) is 46.0 Å². The summed E-state index contributed by atoms with van der Waals surface area (Å²) in [7, 11) is -3.40. The molecule has 0 unspecified atom stereocenters. The smallest absolute Gasteiger partial charge is 0.243 e. The zero-order valence-corrected chi connectivity index (χ0v) is 13.7. The predicted molar refractivity (Wildman–Crippen MR) is 84.0 cm³/mol. The van der Waals surface area contributed by atoms with Crippen molar-refractivity contribution in [3.8, 4) is 5.75 Å². The fraction of sp³-hybridized carbons (Fsp3) is 0.625. The quantitative estimate of drug-likeness (QED) is 0.808. The second-order valence-electron chi connectivity index (χ2n) is 5.40. The van der Waals surface area contributed by atoms with E-state index in [4.69, 9.17) is 4.74 Å². The van der Waals surface area contributed by atoms with Crippen LogP contribution >= 0.6 is 0 Å². The third-order valence-electron chi connectivity index (χ3n) is 4.03. The summed E-state index contributed by atoms with van der Waals surface area (Å²) < 4.78 is 32.7. The number of hydrogen-bond acceptors (Lipinski definition) is 3. The summed E-state index contributed by atoms with van der Waals surface area (Å²) in [6.45, 7) is 4.93. The molecule has 0 saturated heterocycles. The first-order valence-corrected chi connectivity index (χ1v) is 9.28. The highest BCUT2D eigenvalue weighted by Crippen LogP contribution is 2.28. The summed E-state index contributed by atoms with van der Waals surface area (Å²) in [5.74, 6) is 0.706. The van der Waals surface area contributed by atoms with Gasteiger partial charge in [0.05, 0.1) is 11.5 Å². The summed E-state index contributed by atoms with van der Waals surface area (Å²) >= 11 is 0. The van der Waals surface area contributed by atoms with Gasteiger partial charge in [0.1, 0.15) is 5.75 Å². The van der Waals surface area contributed by atoms with Gasteiger partial charge in [0.15, 0.2) is 0 Å². The molecule has 1 aliphatic carbocycles. The molecule has 1 aromatic rings. The van der Waals surface area contributed by atoms with E-state index in [9.17, 15) is 8.42 Å². The topological polar surface area (TPSA) is 46.6 Å². The molecule has 2 rings (SSSR count). The van der Waals surface area contributed by atoms with Crippen LogP contribution in [0.5, 0.6) is 5.75 Å². The normalized spacial score (nSPS) is 17.1. The van der Waals surface area contributed by atoms with Crippen LogP contribution < -0.4 is 4.74 Å². The van der Waals surface area contributed by atoms with Crippen molar-refractivity contribution in [1.82, 2.24) is 4.31 Å². The van der Waals surface area contributed by atoms with Gasteiger partial charge in [-0.2, -0.15) is 4.31 Å². The van der Waals surface area contributed by atoms with Gasteiger partial charge in [0.25, 0.3) is 0 Å². The maximum absolute atomic E-state index is 12.8. The SMILES string of the molecule is CCOc1ccc(S(=O)(=O)N(CC)C2CCCCC2)cc1. The van der Waals surface area contributed by atoms with Crippen LogP contribution in [0, 0.1) is 0 Å². The highest BCUT2D eigenvalue weighted by Gasteiger charge is 2.30. The van der Waals surface area contributed by atoms with Crippen molar-refractivity contribution in [2.24, 2.45) is 0 Å². The first-order valence-electron chi connectivity index (χ1n) is 7.84. The Morgan fingerprint density at radius 1 is 1.10 bits per heavy atom. The van der Waals surface area contributed by atoms with Crippen LogP contribution in [-0.4, -0.2) is 31.9 Å². The van der Waals surface area contributed by atoms with Crippen LogP contribution in [0.15, 0.2) is 29.2 Å². The number of ether oxygens (including phenoxy) is 1. The Balaban J connectivity index is 2.21. The molecule has 1 fully saturated rings. The lowest BCUT2D eigenvalue weighted by molar-refractivity contribution is 0.261. The second-order valence-corrected chi connectivity index (χ2v) is 7.30. The first kappa shape index (κ1) is 16.3. The molecule has 0 radical (unpaired) electrons. The predicted octanol–water partition coefficient (Wildman–Crippen LogP) is 3.43. The lowest BCUT2D eigenvalue weighted by Gasteiger charge is -2.32. The largest absolute Gasteiger partial charge is 0.494 e. The van der Waals surface area contributed by atoms with Crippen molar-refractivity contribution in [1.29, 1.82) is 0 Å². The molecule has 0 amide bonds. The number of rotatable bonds is 6. The van der Waals surface area contributed by atoms with Gasteiger partial charge in [-0.15, -0.1) is 0 Å². The molecule has 0 heterocycles. The van der Waals surface area contributed by atoms with Crippen LogP contribution in [-0.2, 0) is 10.0 Å². The van der Waals surface area contributed by atoms with E-state index in [2.05, 4.69) is 0 Å². The van der Waals surface area contributed by atoms with Crippen LogP contribution in [0.3, 0.4) is 0 Å². The van der Waals surface area contributed by atoms with Crippen molar-refractivity contribution in [2.75, 3.05) is 13.2 Å². The summed E-state index contributed by atoms with van der Waals surface area (Å²) in [5, 5.41) is 0. The van der Waals surface area contributed by atoms with Gasteiger partial charge in [0, 0.05) is 12.6 Å². The van der Waals surface area contributed by atoms with E-state index < -0.39 is 10.0 Å². The molecule has 4 nitrogen and oxygen atoms in total. The minimum atomic E-state index is -3.40. The van der Waals surface area contributed by atoms with Crippen LogP contribution in [0.4, 0.5) is 0 Å². The molecule has 21 heavy (non-hydrogen) atoms. The van der Waals surface area contributed by atoms with E-state index in [1.165, 1.54) is 6.42 Å². The number of hydrogen-bond donors (Lipinski definition) is 0. The Hall–Kier alpha value is -1.07. The van der Waals surface area contributed by atoms with Crippen LogP contribution in [0.2, 0.25) is 0 Å². The third-order valence-corrected chi connectivity index (χ3v) is 6.08. The van der Waals surface area contributed by atoms with E-state index >= 15 is 0 Å². The molecular weight excluding hydrogens is 286 g/mol. The molecule has 5 heteroatoms. The molecule has 1 saturated carbocycles. The average molecular weight is 311 g/mol. The Morgan fingerprint density at radius 3 is 2.24 bits per heavy atom. The van der Waals surface area contributed by atoms with E-state index in [0.717, 1.165) is 25.7 Å². The van der Waals surface area contributed by atoms with E-state index in [0.29, 0.717) is 23.8 Å². The Kier molecular flexibility index (Phi) is 5.65. The maximum atomic E-state index is 12.8. The van der Waals surface area contributed by atoms with Gasteiger partial charge in [-0.1, -0.05) is 26.2 Å². The highest BCUT2D eigenvalue weighted by molar-refractivity contribution is 7.89. The lowest BCUT2D eigenvalue weighted by Crippen LogP contribution is -2.41. The van der Waals surface area contributed by atoms with Crippen molar-refractivity contribution >= 4 is 10.0 Å². The van der Waals surface area contributed by atoms with E-state index in [-0.39, 0.29) is 6.04 Å². The zero-order chi connectivity index (χ0) is 15.3. The molecule has 0 spiro atoms. The highest BCUT2D eigenvalue weighted by atomic mass is 32.2. The van der Waals surface area contributed by atoms with Gasteiger partial charge in [-0.3, -0.25) is 0 Å². The van der Waals surface area contributed by atoms with Crippen molar-refractivity contribution < 1.29 is 13.2 Å². The van der Waals surface area contributed by atoms with Gasteiger partial charge in [-0.05, 0) is 44.0 Å². The van der Waals surface area contributed by atoms with Gasteiger partial charge in [-0.25, -0.2) is 8.42 Å². The minimum absolute atomic E-state index is 0.153. The minimum Gasteiger partial charge on any atom is -0.494 e. The van der Waals surface area contributed by atoms with Gasteiger partial charge in [0.2, 0.25) is 10.0 Å². The first-order chi connectivity index (χ1) is 10.1. The summed E-state index contributed by atoms with van der Waals surface area (Å²) in [6, 6.07) is 6.90. The van der Waals surface area contributed by atoms with Crippen molar-refractivity contribution in [2.45, 2.75) is 56.9 Å². The molecule has 0 aromatic heterocycles. The standard InChI is InChI=1S/C16H25NO3S/c1-3-17(14-8-6-5-7-9-14)21(18,19)16-12-10-15(11-13-16)20-4-2/h10-14H,3-9H2,1-2H3. The zero-order valence-electron chi connectivity index (χ0n) is 12.9. The number of benzene rings is 1. The average Bonchev–Trinajstić information content (AvgIpc) is 2.50. The summed E-state index contributed by atoms with van der Waals surface area (Å²) in [4.78, 5) is 0.360. The molecular formula is C16H25NO3S. The fourth-order valence-electron chi connectivity index (χ4n) is 3.00. The summed E-state index contributed by atoms with van der Waals surface area (Å²) in [5.41, 5.74) is 0. The van der Waals surface area contributed by atoms with E-state index in [1.807, 2.05) is 13.8 Å². The molecule has 0 aliphatic heterocycles. The Morgan fingerprint density at radius 2 is 1.71 bits per heavy atom. The number of nitrogens with zero attached hydrogens (tertiary/aromatic N) is 1. The van der Waals surface area contributed by atoms with Crippen molar-refractivity contribution in [3.05, 3.63) is 24.3 Å². The van der Waals surface area contributed by atoms with Gasteiger partial charge >= 0.3 is 0 Å². The molecule has 0 bridgehead atoms. The second kappa shape index (κ2) is 7.27. The number of sulfonamides is 1.